The van der Waals surface area contributed by atoms with Gasteiger partial charge in [-0.25, -0.2) is 0 Å². The van der Waals surface area contributed by atoms with E-state index in [2.05, 4.69) is 34.1 Å². The number of benzene rings is 2. The van der Waals surface area contributed by atoms with Gasteiger partial charge in [0.25, 0.3) is 0 Å². The van der Waals surface area contributed by atoms with Crippen molar-refractivity contribution in [3.63, 3.8) is 0 Å². The van der Waals surface area contributed by atoms with Crippen molar-refractivity contribution >= 4 is 21.9 Å². The molecule has 0 unspecified atom stereocenters. The van der Waals surface area contributed by atoms with Crippen LogP contribution in [-0.2, 0) is 29.0 Å². The lowest BCUT2D eigenvalue weighted by Crippen LogP contribution is -2.11. The molecule has 0 aromatic heterocycles. The topological polar surface area (TPSA) is 26.3 Å². The zero-order valence-corrected chi connectivity index (χ0v) is 13.3. The van der Waals surface area contributed by atoms with Crippen LogP contribution in [0.2, 0.25) is 0 Å². The molecule has 0 saturated carbocycles. The molecule has 0 radical (unpaired) electrons. The summed E-state index contributed by atoms with van der Waals surface area (Å²) in [6.07, 6.45) is 2.44. The molecule has 1 atom stereocenters. The van der Waals surface area contributed by atoms with Crippen molar-refractivity contribution in [1.82, 2.24) is 0 Å². The zero-order valence-electron chi connectivity index (χ0n) is 11.7. The minimum Gasteiger partial charge on any atom is -0.461 e. The Kier molecular flexibility index (Phi) is 4.39. The van der Waals surface area contributed by atoms with Crippen LogP contribution in [0, 0.1) is 5.92 Å². The van der Waals surface area contributed by atoms with Gasteiger partial charge in [0.05, 0.1) is 0 Å². The summed E-state index contributed by atoms with van der Waals surface area (Å²) in [6, 6.07) is 16.2. The first-order chi connectivity index (χ1) is 10.2. The predicted molar refractivity (Wildman–Crippen MR) is 85.9 cm³/mol. The van der Waals surface area contributed by atoms with Crippen LogP contribution in [0.5, 0.6) is 0 Å². The molecule has 2 aromatic carbocycles. The molecule has 0 fully saturated rings. The highest BCUT2D eigenvalue weighted by molar-refractivity contribution is 9.10. The van der Waals surface area contributed by atoms with Crippen molar-refractivity contribution in [2.75, 3.05) is 0 Å². The number of hydrogen-bond acceptors (Lipinski definition) is 2. The molecule has 1 aliphatic carbocycles. The Morgan fingerprint density at radius 3 is 2.67 bits per heavy atom. The number of carbonyl (C=O) groups excluding carboxylic acids is 1. The van der Waals surface area contributed by atoms with Gasteiger partial charge in [0.15, 0.2) is 0 Å². The summed E-state index contributed by atoms with van der Waals surface area (Å²) in [7, 11) is 0. The number of rotatable bonds is 4. The molecule has 0 bridgehead atoms. The Labute approximate surface area is 133 Å². The third-order valence-corrected chi connectivity index (χ3v) is 4.38. The molecule has 2 aromatic rings. The van der Waals surface area contributed by atoms with Gasteiger partial charge in [-0.15, -0.1) is 0 Å². The zero-order chi connectivity index (χ0) is 14.7. The molecule has 0 heterocycles. The van der Waals surface area contributed by atoms with E-state index in [1.165, 1.54) is 11.1 Å². The van der Waals surface area contributed by atoms with Crippen molar-refractivity contribution in [1.29, 1.82) is 0 Å². The Balaban J connectivity index is 1.51. The summed E-state index contributed by atoms with van der Waals surface area (Å²) in [5, 5.41) is 0. The van der Waals surface area contributed by atoms with Gasteiger partial charge >= 0.3 is 5.97 Å². The lowest BCUT2D eigenvalue weighted by atomic mass is 10.0. The number of halogens is 1. The van der Waals surface area contributed by atoms with Crippen LogP contribution >= 0.6 is 15.9 Å². The van der Waals surface area contributed by atoms with Crippen LogP contribution in [-0.4, -0.2) is 5.97 Å². The molecule has 0 N–H and O–H groups in total. The maximum absolute atomic E-state index is 12.0. The van der Waals surface area contributed by atoms with E-state index in [-0.39, 0.29) is 5.97 Å². The SMILES string of the molecule is O=C(C[C@@H]1Cc2ccc(Br)cc2C1)OCc1ccccc1. The van der Waals surface area contributed by atoms with Crippen molar-refractivity contribution in [3.05, 3.63) is 69.7 Å². The maximum atomic E-state index is 12.0. The van der Waals surface area contributed by atoms with Gasteiger partial charge in [0, 0.05) is 10.9 Å². The van der Waals surface area contributed by atoms with Crippen LogP contribution in [0.25, 0.3) is 0 Å². The van der Waals surface area contributed by atoms with E-state index >= 15 is 0 Å². The molecule has 3 rings (SSSR count). The molecule has 0 aliphatic heterocycles. The smallest absolute Gasteiger partial charge is 0.306 e. The Morgan fingerprint density at radius 1 is 1.10 bits per heavy atom. The quantitative estimate of drug-likeness (QED) is 0.773. The summed E-state index contributed by atoms with van der Waals surface area (Å²) >= 11 is 3.49. The second-order valence-corrected chi connectivity index (χ2v) is 6.45. The van der Waals surface area contributed by atoms with Crippen molar-refractivity contribution in [2.24, 2.45) is 5.92 Å². The highest BCUT2D eigenvalue weighted by Gasteiger charge is 2.24. The lowest BCUT2D eigenvalue weighted by molar-refractivity contribution is -0.146. The van der Waals surface area contributed by atoms with E-state index in [1.54, 1.807) is 0 Å². The number of fused-ring (bicyclic) bond motifs is 1. The molecule has 0 amide bonds. The van der Waals surface area contributed by atoms with Crippen LogP contribution in [0.3, 0.4) is 0 Å². The minimum atomic E-state index is -0.101. The molecule has 108 valence electrons. The first kappa shape index (κ1) is 14.3. The fourth-order valence-electron chi connectivity index (χ4n) is 2.85. The molecular formula is C18H17BrO2. The van der Waals surface area contributed by atoms with Gasteiger partial charge in [-0.1, -0.05) is 52.3 Å². The van der Waals surface area contributed by atoms with Crippen molar-refractivity contribution in [2.45, 2.75) is 25.9 Å². The van der Waals surface area contributed by atoms with E-state index in [9.17, 15) is 4.79 Å². The first-order valence-corrected chi connectivity index (χ1v) is 7.97. The van der Waals surface area contributed by atoms with E-state index in [1.807, 2.05) is 30.3 Å². The van der Waals surface area contributed by atoms with E-state index in [0.717, 1.165) is 22.9 Å². The molecule has 1 aliphatic rings. The normalized spacial score (nSPS) is 16.5. The third-order valence-electron chi connectivity index (χ3n) is 3.88. The van der Waals surface area contributed by atoms with E-state index in [4.69, 9.17) is 4.74 Å². The molecule has 0 spiro atoms. The summed E-state index contributed by atoms with van der Waals surface area (Å²) in [5.41, 5.74) is 3.74. The highest BCUT2D eigenvalue weighted by Crippen LogP contribution is 2.31. The average Bonchev–Trinajstić information content (AvgIpc) is 2.87. The number of carbonyl (C=O) groups is 1. The van der Waals surface area contributed by atoms with Crippen LogP contribution in [0.4, 0.5) is 0 Å². The summed E-state index contributed by atoms with van der Waals surface area (Å²) in [6.45, 7) is 0.366. The molecule has 3 heteroatoms. The first-order valence-electron chi connectivity index (χ1n) is 7.17. The van der Waals surface area contributed by atoms with Gasteiger partial charge < -0.3 is 4.74 Å². The number of esters is 1. The van der Waals surface area contributed by atoms with Gasteiger partial charge in [-0.3, -0.25) is 4.79 Å². The second-order valence-electron chi connectivity index (χ2n) is 5.54. The largest absolute Gasteiger partial charge is 0.461 e. The summed E-state index contributed by atoms with van der Waals surface area (Å²) in [4.78, 5) is 12.0. The average molecular weight is 345 g/mol. The Hall–Kier alpha value is -1.61. The molecule has 21 heavy (non-hydrogen) atoms. The Bertz CT molecular complexity index is 637. The lowest BCUT2D eigenvalue weighted by Gasteiger charge is -2.09. The van der Waals surface area contributed by atoms with E-state index < -0.39 is 0 Å². The number of hydrogen-bond donors (Lipinski definition) is 0. The summed E-state index contributed by atoms with van der Waals surface area (Å²) < 4.78 is 6.47. The fourth-order valence-corrected chi connectivity index (χ4v) is 3.26. The number of ether oxygens (including phenoxy) is 1. The molecule has 2 nitrogen and oxygen atoms in total. The van der Waals surface area contributed by atoms with E-state index in [0.29, 0.717) is 18.9 Å². The predicted octanol–water partition coefficient (Wildman–Crippen LogP) is 4.30. The fraction of sp³-hybridized carbons (Fsp3) is 0.278. The van der Waals surface area contributed by atoms with Crippen LogP contribution in [0.1, 0.15) is 23.1 Å². The van der Waals surface area contributed by atoms with Crippen LogP contribution in [0.15, 0.2) is 53.0 Å². The minimum absolute atomic E-state index is 0.101. The third kappa shape index (κ3) is 3.73. The van der Waals surface area contributed by atoms with Gasteiger partial charge in [-0.05, 0) is 47.6 Å². The second kappa shape index (κ2) is 6.44. The highest BCUT2D eigenvalue weighted by atomic mass is 79.9. The van der Waals surface area contributed by atoms with Gasteiger partial charge in [0.1, 0.15) is 6.61 Å². The Morgan fingerprint density at radius 2 is 1.86 bits per heavy atom. The van der Waals surface area contributed by atoms with Crippen molar-refractivity contribution < 1.29 is 9.53 Å². The summed E-state index contributed by atoms with van der Waals surface area (Å²) in [5.74, 6) is 0.272. The maximum Gasteiger partial charge on any atom is 0.306 e. The monoisotopic (exact) mass is 344 g/mol. The standard InChI is InChI=1S/C18H17BrO2/c19-17-7-6-15-8-14(9-16(15)11-17)10-18(20)21-12-13-4-2-1-3-5-13/h1-7,11,14H,8-10,12H2/t14-/m1/s1. The molecular weight excluding hydrogens is 328 g/mol. The van der Waals surface area contributed by atoms with Crippen LogP contribution < -0.4 is 0 Å². The molecule has 0 saturated heterocycles. The van der Waals surface area contributed by atoms with Crippen molar-refractivity contribution in [3.8, 4) is 0 Å². The van der Waals surface area contributed by atoms with Gasteiger partial charge in [-0.2, -0.15) is 0 Å². The van der Waals surface area contributed by atoms with Gasteiger partial charge in [0.2, 0.25) is 0 Å².